The number of nitrogens with zero attached hydrogens (tertiary/aromatic N) is 1. The first-order valence-electron chi connectivity index (χ1n) is 10.8. The van der Waals surface area contributed by atoms with Gasteiger partial charge in [-0.25, -0.2) is 4.79 Å². The maximum Gasteiger partial charge on any atom is 0.410 e. The van der Waals surface area contributed by atoms with Crippen LogP contribution in [0.15, 0.2) is 66.7 Å². The van der Waals surface area contributed by atoms with E-state index in [0.717, 1.165) is 27.5 Å². The molecule has 0 aromatic heterocycles. The topological polar surface area (TPSA) is 59.0 Å². The van der Waals surface area contributed by atoms with Gasteiger partial charge in [-0.05, 0) is 34.4 Å². The number of aryl methyl sites for hydroxylation is 1. The molecule has 1 N–H and O–H groups in total. The molecular weight excluding hydrogens is 390 g/mol. The van der Waals surface area contributed by atoms with Gasteiger partial charge in [0.25, 0.3) is 0 Å². The van der Waals surface area contributed by atoms with E-state index in [9.17, 15) is 9.90 Å². The Hall–Kier alpha value is -2.89. The highest BCUT2D eigenvalue weighted by Crippen LogP contribution is 2.44. The van der Waals surface area contributed by atoms with E-state index < -0.39 is 5.60 Å². The number of carbonyl (C=O) groups excluding carboxylic acids is 1. The van der Waals surface area contributed by atoms with Crippen molar-refractivity contribution in [3.05, 3.63) is 83.4 Å². The summed E-state index contributed by atoms with van der Waals surface area (Å²) in [4.78, 5) is 14.8. The van der Waals surface area contributed by atoms with E-state index in [0.29, 0.717) is 26.1 Å². The Labute approximate surface area is 182 Å². The van der Waals surface area contributed by atoms with Crippen LogP contribution in [-0.2, 0) is 21.7 Å². The van der Waals surface area contributed by atoms with Crippen LogP contribution in [0.4, 0.5) is 4.79 Å². The van der Waals surface area contributed by atoms with Crippen LogP contribution in [0.25, 0.3) is 10.8 Å². The van der Waals surface area contributed by atoms with Crippen LogP contribution in [-0.4, -0.2) is 41.4 Å². The third-order valence-electron chi connectivity index (χ3n) is 6.57. The van der Waals surface area contributed by atoms with Crippen molar-refractivity contribution in [3.8, 4) is 0 Å². The molecule has 0 aliphatic carbocycles. The zero-order valence-electron chi connectivity index (χ0n) is 17.7. The van der Waals surface area contributed by atoms with Crippen molar-refractivity contribution in [1.82, 2.24) is 4.90 Å². The van der Waals surface area contributed by atoms with Gasteiger partial charge in [-0.15, -0.1) is 0 Å². The molecule has 1 amide bonds. The van der Waals surface area contributed by atoms with Gasteiger partial charge in [0.05, 0.1) is 30.9 Å². The predicted octanol–water partition coefficient (Wildman–Crippen LogP) is 4.54. The number of fused-ring (bicyclic) bond motifs is 3. The molecular formula is C26H27NO4. The third kappa shape index (κ3) is 3.68. The lowest BCUT2D eigenvalue weighted by molar-refractivity contribution is -0.136. The molecule has 160 valence electrons. The number of aliphatic hydroxyl groups is 1. The number of rotatable bonds is 3. The number of morpholine rings is 1. The van der Waals surface area contributed by atoms with E-state index >= 15 is 0 Å². The molecule has 2 fully saturated rings. The molecule has 2 unspecified atom stereocenters. The van der Waals surface area contributed by atoms with E-state index in [-0.39, 0.29) is 24.8 Å². The molecule has 2 bridgehead atoms. The van der Waals surface area contributed by atoms with E-state index in [1.54, 1.807) is 4.90 Å². The van der Waals surface area contributed by atoms with E-state index in [1.807, 2.05) is 49.4 Å². The molecule has 0 spiro atoms. The zero-order chi connectivity index (χ0) is 21.4. The molecule has 5 heteroatoms. The Morgan fingerprint density at radius 1 is 1.03 bits per heavy atom. The number of amides is 1. The quantitative estimate of drug-likeness (QED) is 0.680. The smallest absolute Gasteiger partial charge is 0.410 e. The Kier molecular flexibility index (Phi) is 5.16. The first-order chi connectivity index (χ1) is 15.0. The van der Waals surface area contributed by atoms with Crippen molar-refractivity contribution in [1.29, 1.82) is 0 Å². The summed E-state index contributed by atoms with van der Waals surface area (Å²) in [5.41, 5.74) is 1.98. The first-order valence-corrected chi connectivity index (χ1v) is 10.8. The van der Waals surface area contributed by atoms with Crippen molar-refractivity contribution >= 4 is 16.9 Å². The summed E-state index contributed by atoms with van der Waals surface area (Å²) < 4.78 is 11.4. The Morgan fingerprint density at radius 2 is 1.71 bits per heavy atom. The van der Waals surface area contributed by atoms with Crippen molar-refractivity contribution in [2.75, 3.05) is 13.2 Å². The Balaban J connectivity index is 1.41. The fourth-order valence-corrected chi connectivity index (χ4v) is 5.27. The second-order valence-corrected chi connectivity index (χ2v) is 8.71. The summed E-state index contributed by atoms with van der Waals surface area (Å²) >= 11 is 0. The molecule has 3 aromatic rings. The summed E-state index contributed by atoms with van der Waals surface area (Å²) in [6.07, 6.45) is 0.524. The van der Waals surface area contributed by atoms with Crippen molar-refractivity contribution in [3.63, 3.8) is 0 Å². The molecule has 0 saturated carbocycles. The summed E-state index contributed by atoms with van der Waals surface area (Å²) in [6, 6.07) is 21.6. The second-order valence-electron chi connectivity index (χ2n) is 8.71. The van der Waals surface area contributed by atoms with Crippen molar-refractivity contribution < 1.29 is 19.4 Å². The fourth-order valence-electron chi connectivity index (χ4n) is 5.27. The molecule has 31 heavy (non-hydrogen) atoms. The van der Waals surface area contributed by atoms with Crippen LogP contribution in [0.5, 0.6) is 0 Å². The number of carbonyl (C=O) groups is 1. The molecule has 0 radical (unpaired) electrons. The second kappa shape index (κ2) is 7.98. The molecule has 2 atom stereocenters. The van der Waals surface area contributed by atoms with E-state index in [1.165, 1.54) is 0 Å². The van der Waals surface area contributed by atoms with Gasteiger partial charge in [-0.2, -0.15) is 0 Å². The monoisotopic (exact) mass is 417 g/mol. The molecule has 3 aromatic carbocycles. The predicted molar refractivity (Wildman–Crippen MR) is 119 cm³/mol. The van der Waals surface area contributed by atoms with Gasteiger partial charge < -0.3 is 14.6 Å². The minimum Gasteiger partial charge on any atom is -0.445 e. The van der Waals surface area contributed by atoms with Crippen molar-refractivity contribution in [2.24, 2.45) is 0 Å². The minimum absolute atomic E-state index is 0.223. The van der Waals surface area contributed by atoms with Crippen LogP contribution in [0, 0.1) is 6.92 Å². The van der Waals surface area contributed by atoms with Gasteiger partial charge in [0.2, 0.25) is 0 Å². The molecule has 5 nitrogen and oxygen atoms in total. The third-order valence-corrected chi connectivity index (χ3v) is 6.57. The number of benzene rings is 3. The van der Waals surface area contributed by atoms with Gasteiger partial charge in [-0.3, -0.25) is 4.90 Å². The summed E-state index contributed by atoms with van der Waals surface area (Å²) in [6.45, 7) is 3.10. The lowest BCUT2D eigenvalue weighted by Crippen LogP contribution is -2.62. The molecule has 2 saturated heterocycles. The SMILES string of the molecule is Cc1ccc2ccccc2c1C1(O)CC2COCC(C1)N2C(=O)OCc1ccccc1. The molecule has 2 aliphatic heterocycles. The maximum absolute atomic E-state index is 13.0. The van der Waals surface area contributed by atoms with Gasteiger partial charge >= 0.3 is 6.09 Å². The van der Waals surface area contributed by atoms with Crippen LogP contribution < -0.4 is 0 Å². The highest BCUT2D eigenvalue weighted by atomic mass is 16.6. The average molecular weight is 418 g/mol. The van der Waals surface area contributed by atoms with Crippen LogP contribution in [0.2, 0.25) is 0 Å². The van der Waals surface area contributed by atoms with Crippen LogP contribution >= 0.6 is 0 Å². The van der Waals surface area contributed by atoms with Crippen molar-refractivity contribution in [2.45, 2.75) is 44.1 Å². The lowest BCUT2D eigenvalue weighted by atomic mass is 9.74. The standard InChI is InChI=1S/C26H27NO4/c1-18-11-12-20-9-5-6-10-23(20)24(18)26(29)13-21-16-30-17-22(14-26)27(21)25(28)31-15-19-7-3-2-4-8-19/h2-12,21-22,29H,13-17H2,1H3. The number of piperidine rings is 1. The minimum atomic E-state index is -1.01. The maximum atomic E-state index is 13.0. The van der Waals surface area contributed by atoms with Crippen LogP contribution in [0.3, 0.4) is 0 Å². The lowest BCUT2D eigenvalue weighted by Gasteiger charge is -2.51. The summed E-state index contributed by atoms with van der Waals surface area (Å²) in [5.74, 6) is 0. The fraction of sp³-hybridized carbons (Fsp3) is 0.346. The highest BCUT2D eigenvalue weighted by Gasteiger charge is 2.50. The van der Waals surface area contributed by atoms with E-state index in [2.05, 4.69) is 24.3 Å². The first kappa shape index (κ1) is 20.0. The summed E-state index contributed by atoms with van der Waals surface area (Å²) in [7, 11) is 0. The highest BCUT2D eigenvalue weighted by molar-refractivity contribution is 5.87. The normalized spacial score (nSPS) is 25.4. The van der Waals surface area contributed by atoms with Gasteiger partial charge in [0, 0.05) is 12.8 Å². The average Bonchev–Trinajstić information content (AvgIpc) is 2.77. The summed E-state index contributed by atoms with van der Waals surface area (Å²) in [5, 5.41) is 14.1. The Morgan fingerprint density at radius 3 is 2.45 bits per heavy atom. The van der Waals surface area contributed by atoms with Gasteiger partial charge in [-0.1, -0.05) is 66.7 Å². The van der Waals surface area contributed by atoms with E-state index in [4.69, 9.17) is 9.47 Å². The zero-order valence-corrected chi connectivity index (χ0v) is 17.7. The molecule has 2 aliphatic rings. The largest absolute Gasteiger partial charge is 0.445 e. The Bertz CT molecular complexity index is 1080. The number of hydrogen-bond donors (Lipinski definition) is 1. The molecule has 5 rings (SSSR count). The van der Waals surface area contributed by atoms with Gasteiger partial charge in [0.15, 0.2) is 0 Å². The van der Waals surface area contributed by atoms with Crippen LogP contribution in [0.1, 0.15) is 29.5 Å². The number of ether oxygens (including phenoxy) is 2. The van der Waals surface area contributed by atoms with Gasteiger partial charge in [0.1, 0.15) is 6.61 Å². The number of hydrogen-bond acceptors (Lipinski definition) is 4. The molecule has 2 heterocycles.